The first-order chi connectivity index (χ1) is 13.1. The zero-order valence-corrected chi connectivity index (χ0v) is 18.2. The maximum Gasteiger partial charge on any atom is 0.303 e. The highest BCUT2D eigenvalue weighted by atomic mass is 16.6. The normalized spacial score (nSPS) is 51.6. The molecule has 7 nitrogen and oxygen atoms in total. The lowest BCUT2D eigenvalue weighted by Crippen LogP contribution is -2.86. The second-order valence-corrected chi connectivity index (χ2v) is 10.4. The Labute approximate surface area is 172 Å². The molecule has 0 radical (unpaired) electrons. The van der Waals surface area contributed by atoms with Gasteiger partial charge in [-0.2, -0.15) is 0 Å². The number of Topliss-reactive ketones (excluding diaryl/α,β-unsaturated/α-hetero) is 1. The van der Waals surface area contributed by atoms with Gasteiger partial charge in [0.05, 0.1) is 17.8 Å². The topological polar surface area (TPSA) is 113 Å². The summed E-state index contributed by atoms with van der Waals surface area (Å²) in [4.78, 5) is 25.5. The van der Waals surface area contributed by atoms with Crippen LogP contribution in [0.5, 0.6) is 0 Å². The van der Waals surface area contributed by atoms with E-state index in [4.69, 9.17) is 9.47 Å². The molecule has 8 atom stereocenters. The van der Waals surface area contributed by atoms with Crippen LogP contribution < -0.4 is 0 Å². The van der Waals surface area contributed by atoms with Crippen LogP contribution in [0, 0.1) is 16.7 Å². The van der Waals surface area contributed by atoms with Gasteiger partial charge in [-0.25, -0.2) is 0 Å². The standard InChI is InChI=1S/C22H34O7/c1-8-19(5)11-14(25)22(27)20(6)13(24)9-10-18(3,4)16(20)15(26)17(28-12(2)23)21(22,7)29-19/h8,13,15-17,24,26-27H,1,9-11H2,2-7H3. The zero-order valence-electron chi connectivity index (χ0n) is 18.2. The van der Waals surface area contributed by atoms with Crippen LogP contribution in [-0.4, -0.2) is 62.2 Å². The van der Waals surface area contributed by atoms with Gasteiger partial charge in [0.15, 0.2) is 17.5 Å². The van der Waals surface area contributed by atoms with Crippen LogP contribution in [0.1, 0.15) is 60.8 Å². The zero-order chi connectivity index (χ0) is 22.2. The van der Waals surface area contributed by atoms with E-state index in [9.17, 15) is 24.9 Å². The van der Waals surface area contributed by atoms with Crippen LogP contribution in [-0.2, 0) is 19.1 Å². The monoisotopic (exact) mass is 410 g/mol. The van der Waals surface area contributed by atoms with Crippen molar-refractivity contribution in [2.24, 2.45) is 16.7 Å². The molecule has 0 aromatic rings. The fourth-order valence-corrected chi connectivity index (χ4v) is 6.66. The van der Waals surface area contributed by atoms with E-state index in [0.29, 0.717) is 12.8 Å². The van der Waals surface area contributed by atoms with Crippen LogP contribution in [0.4, 0.5) is 0 Å². The van der Waals surface area contributed by atoms with Crippen LogP contribution in [0.3, 0.4) is 0 Å². The summed E-state index contributed by atoms with van der Waals surface area (Å²) in [5, 5.41) is 34.7. The minimum atomic E-state index is -2.18. The molecular weight excluding hydrogens is 376 g/mol. The lowest BCUT2D eigenvalue weighted by Gasteiger charge is -2.71. The second kappa shape index (κ2) is 6.36. The Morgan fingerprint density at radius 3 is 2.34 bits per heavy atom. The van der Waals surface area contributed by atoms with Gasteiger partial charge >= 0.3 is 5.97 Å². The molecule has 0 aromatic heterocycles. The maximum absolute atomic E-state index is 13.6. The van der Waals surface area contributed by atoms with Crippen molar-refractivity contribution in [3.8, 4) is 0 Å². The summed E-state index contributed by atoms with van der Waals surface area (Å²) in [6, 6.07) is 0. The number of carbonyl (C=O) groups excluding carboxylic acids is 2. The van der Waals surface area contributed by atoms with Crippen molar-refractivity contribution in [2.45, 2.75) is 95.9 Å². The number of rotatable bonds is 2. The van der Waals surface area contributed by atoms with Crippen LogP contribution in [0.25, 0.3) is 0 Å². The summed E-state index contributed by atoms with van der Waals surface area (Å²) in [6.07, 6.45) is -1.29. The van der Waals surface area contributed by atoms with E-state index in [1.54, 1.807) is 13.8 Å². The Hall–Kier alpha value is -1.28. The third-order valence-electron chi connectivity index (χ3n) is 8.02. The molecule has 29 heavy (non-hydrogen) atoms. The number of ether oxygens (including phenoxy) is 2. The number of fused-ring (bicyclic) bond motifs is 3. The number of hydrogen-bond donors (Lipinski definition) is 3. The molecule has 0 aromatic carbocycles. The molecule has 8 unspecified atom stereocenters. The van der Waals surface area contributed by atoms with E-state index in [-0.39, 0.29) is 6.42 Å². The van der Waals surface area contributed by atoms with Gasteiger partial charge in [-0.15, -0.1) is 6.58 Å². The van der Waals surface area contributed by atoms with Gasteiger partial charge in [0.1, 0.15) is 5.60 Å². The third kappa shape index (κ3) is 2.63. The van der Waals surface area contributed by atoms with Gasteiger partial charge in [-0.05, 0) is 32.1 Å². The van der Waals surface area contributed by atoms with Gasteiger partial charge in [0.25, 0.3) is 0 Å². The van der Waals surface area contributed by atoms with Crippen molar-refractivity contribution in [1.82, 2.24) is 0 Å². The van der Waals surface area contributed by atoms with Crippen molar-refractivity contribution in [2.75, 3.05) is 0 Å². The second-order valence-electron chi connectivity index (χ2n) is 10.4. The van der Waals surface area contributed by atoms with E-state index in [1.165, 1.54) is 19.9 Å². The van der Waals surface area contributed by atoms with Crippen molar-refractivity contribution >= 4 is 11.8 Å². The van der Waals surface area contributed by atoms with Crippen molar-refractivity contribution in [3.05, 3.63) is 12.7 Å². The molecule has 3 rings (SSSR count). The first-order valence-electron chi connectivity index (χ1n) is 10.2. The van der Waals surface area contributed by atoms with Gasteiger partial charge < -0.3 is 24.8 Å². The van der Waals surface area contributed by atoms with Gasteiger partial charge in [-0.3, -0.25) is 9.59 Å². The molecule has 1 saturated heterocycles. The number of aliphatic hydroxyl groups excluding tert-OH is 2. The summed E-state index contributed by atoms with van der Waals surface area (Å²) in [6.45, 7) is 13.6. The quantitative estimate of drug-likeness (QED) is 0.467. The molecule has 2 saturated carbocycles. The number of aliphatic hydroxyl groups is 3. The molecule has 164 valence electrons. The third-order valence-corrected chi connectivity index (χ3v) is 8.02. The summed E-state index contributed by atoms with van der Waals surface area (Å²) in [5.41, 5.74) is -7.00. The van der Waals surface area contributed by atoms with Crippen molar-refractivity contribution in [3.63, 3.8) is 0 Å². The Morgan fingerprint density at radius 1 is 1.24 bits per heavy atom. The molecule has 1 heterocycles. The highest BCUT2D eigenvalue weighted by Gasteiger charge is 2.81. The SMILES string of the molecule is C=CC1(C)CC(=O)C2(O)C(C)(O1)C(OC(C)=O)C(O)C1C(C)(C)CCC(O)C12C. The van der Waals surface area contributed by atoms with E-state index >= 15 is 0 Å². The predicted octanol–water partition coefficient (Wildman–Crippen LogP) is 1.52. The first kappa shape index (κ1) is 22.4. The molecule has 0 bridgehead atoms. The molecule has 3 aliphatic rings. The smallest absolute Gasteiger partial charge is 0.303 e. The summed E-state index contributed by atoms with van der Waals surface area (Å²) in [7, 11) is 0. The molecule has 3 N–H and O–H groups in total. The lowest BCUT2D eigenvalue weighted by molar-refractivity contribution is -0.370. The fourth-order valence-electron chi connectivity index (χ4n) is 6.66. The van der Waals surface area contributed by atoms with Gasteiger partial charge in [0, 0.05) is 24.7 Å². The Kier molecular flexibility index (Phi) is 4.91. The van der Waals surface area contributed by atoms with Crippen molar-refractivity contribution in [1.29, 1.82) is 0 Å². The van der Waals surface area contributed by atoms with Gasteiger partial charge in [-0.1, -0.05) is 26.8 Å². The number of ketones is 1. The molecule has 1 aliphatic heterocycles. The lowest BCUT2D eigenvalue weighted by atomic mass is 9.40. The van der Waals surface area contributed by atoms with Gasteiger partial charge in [0.2, 0.25) is 0 Å². The maximum atomic E-state index is 13.6. The van der Waals surface area contributed by atoms with E-state index in [2.05, 4.69) is 6.58 Å². The molecule has 3 fully saturated rings. The summed E-state index contributed by atoms with van der Waals surface area (Å²) >= 11 is 0. The van der Waals surface area contributed by atoms with E-state index in [0.717, 1.165) is 0 Å². The largest absolute Gasteiger partial charge is 0.457 e. The minimum absolute atomic E-state index is 0.138. The Balaban J connectivity index is 2.33. The molecule has 0 amide bonds. The molecular formula is C22H34O7. The van der Waals surface area contributed by atoms with Crippen molar-refractivity contribution < 1.29 is 34.4 Å². The molecule has 7 heteroatoms. The van der Waals surface area contributed by atoms with Crippen LogP contribution in [0.2, 0.25) is 0 Å². The first-order valence-corrected chi connectivity index (χ1v) is 10.2. The number of esters is 1. The van der Waals surface area contributed by atoms with E-state index in [1.807, 2.05) is 13.8 Å². The minimum Gasteiger partial charge on any atom is -0.457 e. The number of hydrogen-bond acceptors (Lipinski definition) is 7. The average Bonchev–Trinajstić information content (AvgIpc) is 2.59. The predicted molar refractivity (Wildman–Crippen MR) is 105 cm³/mol. The van der Waals surface area contributed by atoms with Crippen LogP contribution >= 0.6 is 0 Å². The Morgan fingerprint density at radius 2 is 1.83 bits per heavy atom. The molecule has 0 spiro atoms. The highest BCUT2D eigenvalue weighted by Crippen LogP contribution is 2.66. The highest BCUT2D eigenvalue weighted by molar-refractivity contribution is 5.92. The fraction of sp³-hybridized carbons (Fsp3) is 0.818. The van der Waals surface area contributed by atoms with E-state index < -0.39 is 63.6 Å². The summed E-state index contributed by atoms with van der Waals surface area (Å²) < 4.78 is 11.8. The summed E-state index contributed by atoms with van der Waals surface area (Å²) in [5.74, 6) is -1.87. The average molecular weight is 411 g/mol. The Bertz CT molecular complexity index is 747. The number of carbonyl (C=O) groups is 2. The van der Waals surface area contributed by atoms with Crippen LogP contribution in [0.15, 0.2) is 12.7 Å². The molecule has 2 aliphatic carbocycles.